The van der Waals surface area contributed by atoms with Crippen LogP contribution < -0.4 is 0 Å². The van der Waals surface area contributed by atoms with Crippen molar-refractivity contribution in [1.82, 2.24) is 0 Å². The summed E-state index contributed by atoms with van der Waals surface area (Å²) in [6, 6.07) is 0. The molecule has 1 rings (SSSR count). The van der Waals surface area contributed by atoms with E-state index in [2.05, 4.69) is 6.92 Å². The van der Waals surface area contributed by atoms with E-state index >= 15 is 0 Å². The molecule has 1 aliphatic rings. The zero-order valence-corrected chi connectivity index (χ0v) is 6.95. The molecule has 0 aliphatic heterocycles. The molecule has 0 aromatic carbocycles. The van der Waals surface area contributed by atoms with Gasteiger partial charge in [-0.15, -0.1) is 0 Å². The molecule has 2 N–H and O–H groups in total. The average molecular weight is 156 g/mol. The summed E-state index contributed by atoms with van der Waals surface area (Å²) in [5.74, 6) is 0. The Morgan fingerprint density at radius 3 is 2.82 bits per heavy atom. The molecule has 64 valence electrons. The Bertz CT molecular complexity index is 154. The van der Waals surface area contributed by atoms with Crippen molar-refractivity contribution in [2.24, 2.45) is 0 Å². The van der Waals surface area contributed by atoms with E-state index in [1.54, 1.807) is 12.2 Å². The van der Waals surface area contributed by atoms with E-state index in [-0.39, 0.29) is 0 Å². The third kappa shape index (κ3) is 2.31. The van der Waals surface area contributed by atoms with Gasteiger partial charge in [0.1, 0.15) is 0 Å². The lowest BCUT2D eigenvalue weighted by Crippen LogP contribution is -2.25. The van der Waals surface area contributed by atoms with Crippen LogP contribution in [0.15, 0.2) is 12.2 Å². The number of hydrogen-bond acceptors (Lipinski definition) is 2. The number of unbranched alkanes of at least 4 members (excludes halogenated alkanes) is 1. The molecule has 2 atom stereocenters. The fraction of sp³-hybridized carbons (Fsp3) is 0.778. The van der Waals surface area contributed by atoms with Crippen molar-refractivity contribution in [1.29, 1.82) is 0 Å². The van der Waals surface area contributed by atoms with E-state index in [0.717, 1.165) is 19.3 Å². The summed E-state index contributed by atoms with van der Waals surface area (Å²) in [5.41, 5.74) is -0.713. The van der Waals surface area contributed by atoms with Crippen molar-refractivity contribution in [3.63, 3.8) is 0 Å². The summed E-state index contributed by atoms with van der Waals surface area (Å²) in [6.45, 7) is 2.10. The monoisotopic (exact) mass is 156 g/mol. The van der Waals surface area contributed by atoms with Crippen LogP contribution in [0.3, 0.4) is 0 Å². The Kier molecular flexibility index (Phi) is 2.68. The second-order valence-corrected chi connectivity index (χ2v) is 3.34. The largest absolute Gasteiger partial charge is 0.389 e. The molecule has 0 saturated carbocycles. The van der Waals surface area contributed by atoms with E-state index in [1.807, 2.05) is 0 Å². The SMILES string of the molecule is CCCC[C@@]1(O)C=C[C@H](O)C1. The van der Waals surface area contributed by atoms with Gasteiger partial charge in [-0.25, -0.2) is 0 Å². The summed E-state index contributed by atoms with van der Waals surface area (Å²) in [7, 11) is 0. The van der Waals surface area contributed by atoms with Crippen LogP contribution in [0.25, 0.3) is 0 Å². The first-order chi connectivity index (χ1) is 5.16. The van der Waals surface area contributed by atoms with Crippen molar-refractivity contribution in [3.8, 4) is 0 Å². The van der Waals surface area contributed by atoms with E-state index in [4.69, 9.17) is 5.11 Å². The molecular formula is C9H16O2. The molecular weight excluding hydrogens is 140 g/mol. The summed E-state index contributed by atoms with van der Waals surface area (Å²) in [5, 5.41) is 18.9. The maximum Gasteiger partial charge on any atom is 0.0856 e. The van der Waals surface area contributed by atoms with Crippen molar-refractivity contribution >= 4 is 0 Å². The molecule has 0 spiro atoms. The lowest BCUT2D eigenvalue weighted by atomic mass is 9.96. The van der Waals surface area contributed by atoms with Crippen molar-refractivity contribution < 1.29 is 10.2 Å². The van der Waals surface area contributed by atoms with E-state index in [9.17, 15) is 5.11 Å². The quantitative estimate of drug-likeness (QED) is 0.603. The highest BCUT2D eigenvalue weighted by molar-refractivity contribution is 5.12. The van der Waals surface area contributed by atoms with Gasteiger partial charge in [-0.1, -0.05) is 31.9 Å². The molecule has 11 heavy (non-hydrogen) atoms. The molecule has 0 bridgehead atoms. The predicted octanol–water partition coefficient (Wildman–Crippen LogP) is 1.23. The molecule has 0 unspecified atom stereocenters. The molecule has 0 amide bonds. The normalized spacial score (nSPS) is 36.5. The fourth-order valence-electron chi connectivity index (χ4n) is 1.46. The van der Waals surface area contributed by atoms with Crippen LogP contribution in [-0.2, 0) is 0 Å². The first-order valence-electron chi connectivity index (χ1n) is 4.26. The van der Waals surface area contributed by atoms with E-state index in [1.165, 1.54) is 0 Å². The minimum atomic E-state index is -0.713. The Balaban J connectivity index is 2.37. The number of aliphatic hydroxyl groups excluding tert-OH is 1. The van der Waals surface area contributed by atoms with Gasteiger partial charge < -0.3 is 10.2 Å². The zero-order valence-electron chi connectivity index (χ0n) is 6.95. The van der Waals surface area contributed by atoms with Gasteiger partial charge in [-0.3, -0.25) is 0 Å². The van der Waals surface area contributed by atoms with E-state index < -0.39 is 11.7 Å². The number of aliphatic hydroxyl groups is 2. The maximum absolute atomic E-state index is 9.75. The highest BCUT2D eigenvalue weighted by atomic mass is 16.3. The molecule has 0 aromatic rings. The van der Waals surface area contributed by atoms with Gasteiger partial charge in [-0.05, 0) is 6.42 Å². The molecule has 2 nitrogen and oxygen atoms in total. The summed E-state index contributed by atoms with van der Waals surface area (Å²) < 4.78 is 0. The Hall–Kier alpha value is -0.340. The molecule has 0 radical (unpaired) electrons. The molecule has 2 heteroatoms. The zero-order chi connectivity index (χ0) is 8.32. The minimum absolute atomic E-state index is 0.433. The van der Waals surface area contributed by atoms with Crippen LogP contribution >= 0.6 is 0 Å². The van der Waals surface area contributed by atoms with Crippen LogP contribution in [-0.4, -0.2) is 21.9 Å². The van der Waals surface area contributed by atoms with Gasteiger partial charge in [0, 0.05) is 6.42 Å². The highest BCUT2D eigenvalue weighted by Gasteiger charge is 2.30. The van der Waals surface area contributed by atoms with Gasteiger partial charge in [0.25, 0.3) is 0 Å². The lowest BCUT2D eigenvalue weighted by molar-refractivity contribution is 0.0488. The Labute approximate surface area is 67.6 Å². The molecule has 0 heterocycles. The average Bonchev–Trinajstić information content (AvgIpc) is 2.28. The third-order valence-electron chi connectivity index (χ3n) is 2.15. The molecule has 0 saturated heterocycles. The van der Waals surface area contributed by atoms with Gasteiger partial charge in [0.2, 0.25) is 0 Å². The van der Waals surface area contributed by atoms with Crippen LogP contribution in [0.1, 0.15) is 32.6 Å². The van der Waals surface area contributed by atoms with Gasteiger partial charge in [0.15, 0.2) is 0 Å². The summed E-state index contributed by atoms with van der Waals surface area (Å²) in [6.07, 6.45) is 6.34. The lowest BCUT2D eigenvalue weighted by Gasteiger charge is -2.20. The molecule has 0 fully saturated rings. The second kappa shape index (κ2) is 3.37. The molecule has 0 aromatic heterocycles. The second-order valence-electron chi connectivity index (χ2n) is 3.34. The van der Waals surface area contributed by atoms with Crippen molar-refractivity contribution in [2.45, 2.75) is 44.3 Å². The number of hydrogen-bond donors (Lipinski definition) is 2. The Morgan fingerprint density at radius 1 is 1.64 bits per heavy atom. The smallest absolute Gasteiger partial charge is 0.0856 e. The van der Waals surface area contributed by atoms with Gasteiger partial charge >= 0.3 is 0 Å². The summed E-state index contributed by atoms with van der Waals surface area (Å²) >= 11 is 0. The van der Waals surface area contributed by atoms with E-state index in [0.29, 0.717) is 6.42 Å². The van der Waals surface area contributed by atoms with Crippen molar-refractivity contribution in [2.75, 3.05) is 0 Å². The third-order valence-corrected chi connectivity index (χ3v) is 2.15. The van der Waals surface area contributed by atoms with Crippen molar-refractivity contribution in [3.05, 3.63) is 12.2 Å². The first kappa shape index (κ1) is 8.75. The number of rotatable bonds is 3. The molecule has 1 aliphatic carbocycles. The van der Waals surface area contributed by atoms with Crippen LogP contribution in [0.5, 0.6) is 0 Å². The van der Waals surface area contributed by atoms with Crippen LogP contribution in [0.4, 0.5) is 0 Å². The maximum atomic E-state index is 9.75. The summed E-state index contributed by atoms with van der Waals surface area (Å²) in [4.78, 5) is 0. The van der Waals surface area contributed by atoms with Gasteiger partial charge in [-0.2, -0.15) is 0 Å². The Morgan fingerprint density at radius 2 is 2.36 bits per heavy atom. The van der Waals surface area contributed by atoms with Crippen LogP contribution in [0, 0.1) is 0 Å². The van der Waals surface area contributed by atoms with Gasteiger partial charge in [0.05, 0.1) is 11.7 Å². The predicted molar refractivity (Wildman–Crippen MR) is 44.2 cm³/mol. The topological polar surface area (TPSA) is 40.5 Å². The first-order valence-corrected chi connectivity index (χ1v) is 4.26. The fourth-order valence-corrected chi connectivity index (χ4v) is 1.46. The standard InChI is InChI=1S/C9H16O2/c1-2-3-5-9(11)6-4-8(10)7-9/h4,6,8,10-11H,2-3,5,7H2,1H3/t8-,9+/m0/s1. The highest BCUT2D eigenvalue weighted by Crippen LogP contribution is 2.27. The minimum Gasteiger partial charge on any atom is -0.389 e. The van der Waals surface area contributed by atoms with Crippen LogP contribution in [0.2, 0.25) is 0 Å².